The number of nitrogens with zero attached hydrogens (tertiary/aromatic N) is 3. The van der Waals surface area contributed by atoms with Crippen LogP contribution < -0.4 is 9.64 Å². The predicted octanol–water partition coefficient (Wildman–Crippen LogP) is 1.75. The van der Waals surface area contributed by atoms with Crippen molar-refractivity contribution in [2.45, 2.75) is 18.5 Å². The third-order valence-electron chi connectivity index (χ3n) is 3.83. The Balaban J connectivity index is 1.84. The van der Waals surface area contributed by atoms with Gasteiger partial charge in [0.25, 0.3) is 0 Å². The number of fused-ring (bicyclic) bond motifs is 2. The number of hydrogen-bond donors (Lipinski definition) is 0. The van der Waals surface area contributed by atoms with Crippen molar-refractivity contribution in [2.24, 2.45) is 0 Å². The van der Waals surface area contributed by atoms with E-state index in [0.29, 0.717) is 12.1 Å². The van der Waals surface area contributed by atoms with Crippen molar-refractivity contribution in [1.29, 1.82) is 0 Å². The van der Waals surface area contributed by atoms with Crippen LogP contribution in [-0.2, 0) is 0 Å². The fourth-order valence-electron chi connectivity index (χ4n) is 2.87. The number of hydrogen-bond acceptors (Lipinski definition) is 4. The molecule has 2 fully saturated rings. The van der Waals surface area contributed by atoms with Crippen LogP contribution in [0.15, 0.2) is 16.7 Å². The molecule has 2 aliphatic rings. The van der Waals surface area contributed by atoms with Crippen LogP contribution in [0.4, 0.5) is 5.82 Å². The van der Waals surface area contributed by atoms with E-state index >= 15 is 0 Å². The molecule has 3 heterocycles. The highest BCUT2D eigenvalue weighted by Crippen LogP contribution is 2.34. The third-order valence-corrected chi connectivity index (χ3v) is 4.40. The van der Waals surface area contributed by atoms with Gasteiger partial charge in [-0.2, -0.15) is 0 Å². The number of rotatable bonds is 2. The maximum atomic E-state index is 5.21. The van der Waals surface area contributed by atoms with Gasteiger partial charge in [0, 0.05) is 25.2 Å². The lowest BCUT2D eigenvalue weighted by molar-refractivity contribution is 0.292. The van der Waals surface area contributed by atoms with Crippen molar-refractivity contribution >= 4 is 21.7 Å². The number of piperazine rings is 1. The number of anilines is 1. The van der Waals surface area contributed by atoms with Gasteiger partial charge in [-0.25, -0.2) is 4.98 Å². The summed E-state index contributed by atoms with van der Waals surface area (Å²) in [6.45, 7) is 2.24. The summed E-state index contributed by atoms with van der Waals surface area (Å²) in [5.74, 6) is 1.84. The monoisotopic (exact) mass is 297 g/mol. The first-order valence-electron chi connectivity index (χ1n) is 5.86. The molecule has 3 rings (SSSR count). The van der Waals surface area contributed by atoms with Gasteiger partial charge in [0.1, 0.15) is 10.4 Å². The number of methoxy groups -OCH3 is 1. The molecule has 2 atom stereocenters. The molecule has 0 saturated carbocycles. The zero-order valence-corrected chi connectivity index (χ0v) is 11.6. The Morgan fingerprint density at radius 2 is 2.18 bits per heavy atom. The lowest BCUT2D eigenvalue weighted by atomic mass is 10.2. The molecule has 2 aliphatic heterocycles. The molecule has 0 unspecified atom stereocenters. The second-order valence-electron chi connectivity index (χ2n) is 4.80. The summed E-state index contributed by atoms with van der Waals surface area (Å²) in [6, 6.07) is 5.34. The highest BCUT2D eigenvalue weighted by atomic mass is 79.9. The van der Waals surface area contributed by atoms with E-state index in [2.05, 4.69) is 37.8 Å². The first-order chi connectivity index (χ1) is 8.19. The molecular formula is C12H16BrN3O. The third kappa shape index (κ3) is 1.81. The summed E-state index contributed by atoms with van der Waals surface area (Å²) in [7, 11) is 3.87. The van der Waals surface area contributed by atoms with Gasteiger partial charge in [-0.05, 0) is 41.5 Å². The molecule has 2 bridgehead atoms. The van der Waals surface area contributed by atoms with Crippen LogP contribution in [0.3, 0.4) is 0 Å². The Kier molecular flexibility index (Phi) is 2.75. The molecule has 5 heteroatoms. The maximum Gasteiger partial charge on any atom is 0.151 e. The van der Waals surface area contributed by atoms with Gasteiger partial charge in [-0.1, -0.05) is 0 Å². The van der Waals surface area contributed by atoms with E-state index < -0.39 is 0 Å². The summed E-state index contributed by atoms with van der Waals surface area (Å²) < 4.78 is 5.99. The predicted molar refractivity (Wildman–Crippen MR) is 70.7 cm³/mol. The topological polar surface area (TPSA) is 28.6 Å². The van der Waals surface area contributed by atoms with Crippen LogP contribution in [0, 0.1) is 0 Å². The van der Waals surface area contributed by atoms with Gasteiger partial charge in [0.2, 0.25) is 0 Å². The summed E-state index contributed by atoms with van der Waals surface area (Å²) in [4.78, 5) is 9.42. The normalized spacial score (nSPS) is 27.8. The quantitative estimate of drug-likeness (QED) is 0.778. The van der Waals surface area contributed by atoms with Crippen LogP contribution in [-0.4, -0.2) is 49.2 Å². The van der Waals surface area contributed by atoms with Crippen LogP contribution >= 0.6 is 15.9 Å². The molecule has 0 N–H and O–H groups in total. The molecule has 1 aromatic rings. The van der Waals surface area contributed by atoms with Gasteiger partial charge >= 0.3 is 0 Å². The molecule has 1 aromatic heterocycles. The average Bonchev–Trinajstić information content (AvgIpc) is 2.87. The molecule has 0 amide bonds. The largest absolute Gasteiger partial charge is 0.494 e. The van der Waals surface area contributed by atoms with E-state index in [1.165, 1.54) is 6.42 Å². The second kappa shape index (κ2) is 4.14. The highest BCUT2D eigenvalue weighted by Gasteiger charge is 2.41. The summed E-state index contributed by atoms with van der Waals surface area (Å²) in [5, 5.41) is 0. The first kappa shape index (κ1) is 11.3. The highest BCUT2D eigenvalue weighted by molar-refractivity contribution is 9.10. The van der Waals surface area contributed by atoms with Crippen molar-refractivity contribution in [3.63, 3.8) is 0 Å². The Bertz CT molecular complexity index is 438. The Hall–Kier alpha value is -0.810. The van der Waals surface area contributed by atoms with Gasteiger partial charge < -0.3 is 9.64 Å². The minimum atomic E-state index is 0.623. The second-order valence-corrected chi connectivity index (χ2v) is 5.55. The number of ether oxygens (including phenoxy) is 1. The van der Waals surface area contributed by atoms with Crippen molar-refractivity contribution in [1.82, 2.24) is 9.88 Å². The standard InChI is InChI=1S/C12H16BrN3O/c1-15-6-9-5-8(15)7-16(9)11-4-3-10(17-2)12(13)14-11/h3-4,8-9H,5-7H2,1-2H3/t8-,9-/m0/s1. The zero-order chi connectivity index (χ0) is 12.0. The lowest BCUT2D eigenvalue weighted by Gasteiger charge is -2.32. The van der Waals surface area contributed by atoms with Crippen LogP contribution in [0.1, 0.15) is 6.42 Å². The number of pyridine rings is 1. The Morgan fingerprint density at radius 3 is 2.71 bits per heavy atom. The average molecular weight is 298 g/mol. The molecule has 17 heavy (non-hydrogen) atoms. The van der Waals surface area contributed by atoms with Crippen LogP contribution in [0.5, 0.6) is 5.75 Å². The minimum Gasteiger partial charge on any atom is -0.494 e. The van der Waals surface area contributed by atoms with E-state index in [0.717, 1.165) is 29.3 Å². The number of likely N-dealkylation sites (tertiary alicyclic amines) is 1. The van der Waals surface area contributed by atoms with Crippen LogP contribution in [0.2, 0.25) is 0 Å². The smallest absolute Gasteiger partial charge is 0.151 e. The van der Waals surface area contributed by atoms with Crippen molar-refractivity contribution in [2.75, 3.05) is 32.1 Å². The summed E-state index contributed by atoms with van der Waals surface area (Å²) in [6.07, 6.45) is 1.27. The summed E-state index contributed by atoms with van der Waals surface area (Å²) in [5.41, 5.74) is 0. The molecule has 0 radical (unpaired) electrons. The zero-order valence-electron chi connectivity index (χ0n) is 10.1. The van der Waals surface area contributed by atoms with E-state index in [-0.39, 0.29) is 0 Å². The van der Waals surface area contributed by atoms with Gasteiger partial charge in [0.15, 0.2) is 5.75 Å². The number of aromatic nitrogens is 1. The van der Waals surface area contributed by atoms with E-state index in [1.807, 2.05) is 12.1 Å². The van der Waals surface area contributed by atoms with Crippen molar-refractivity contribution in [3.8, 4) is 5.75 Å². The lowest BCUT2D eigenvalue weighted by Crippen LogP contribution is -2.44. The maximum absolute atomic E-state index is 5.21. The molecule has 0 spiro atoms. The van der Waals surface area contributed by atoms with E-state index in [1.54, 1.807) is 7.11 Å². The fraction of sp³-hybridized carbons (Fsp3) is 0.583. The SMILES string of the molecule is COc1ccc(N2C[C@@H]3C[C@H]2CN3C)nc1Br. The molecular weight excluding hydrogens is 282 g/mol. The molecule has 4 nitrogen and oxygen atoms in total. The van der Waals surface area contributed by atoms with Crippen molar-refractivity contribution in [3.05, 3.63) is 16.7 Å². The summed E-state index contributed by atoms with van der Waals surface area (Å²) >= 11 is 3.45. The molecule has 0 aromatic carbocycles. The number of likely N-dealkylation sites (N-methyl/N-ethyl adjacent to an activating group) is 1. The van der Waals surface area contributed by atoms with Gasteiger partial charge in [0.05, 0.1) is 7.11 Å². The molecule has 0 aliphatic carbocycles. The minimum absolute atomic E-state index is 0.623. The van der Waals surface area contributed by atoms with Gasteiger partial charge in [-0.3, -0.25) is 4.90 Å². The first-order valence-corrected chi connectivity index (χ1v) is 6.65. The molecule has 2 saturated heterocycles. The Labute approximate surface area is 110 Å². The van der Waals surface area contributed by atoms with Crippen molar-refractivity contribution < 1.29 is 4.74 Å². The fourth-order valence-corrected chi connectivity index (χ4v) is 3.35. The number of halogens is 1. The van der Waals surface area contributed by atoms with Gasteiger partial charge in [-0.15, -0.1) is 0 Å². The Morgan fingerprint density at radius 1 is 1.35 bits per heavy atom. The van der Waals surface area contributed by atoms with E-state index in [4.69, 9.17) is 4.74 Å². The van der Waals surface area contributed by atoms with Crippen LogP contribution in [0.25, 0.3) is 0 Å². The molecule has 92 valence electrons. The van der Waals surface area contributed by atoms with E-state index in [9.17, 15) is 0 Å².